The third kappa shape index (κ3) is 5.35. The predicted molar refractivity (Wildman–Crippen MR) is 172 cm³/mol. The molecule has 0 saturated carbocycles. The Morgan fingerprint density at radius 2 is 1.57 bits per heavy atom. The van der Waals surface area contributed by atoms with Crippen molar-refractivity contribution in [1.82, 2.24) is 4.57 Å². The first-order chi connectivity index (χ1) is 21.2. The average molecular weight is 631 g/mol. The summed E-state index contributed by atoms with van der Waals surface area (Å²) >= 11 is 2.16. The molecule has 3 amide bonds. The van der Waals surface area contributed by atoms with E-state index in [4.69, 9.17) is 0 Å². The molecular formula is C33H31FN4O4S2. The largest absolute Gasteiger partial charge is 0.372 e. The minimum Gasteiger partial charge on any atom is -0.372 e. The van der Waals surface area contributed by atoms with E-state index in [1.165, 1.54) is 28.8 Å². The zero-order chi connectivity index (χ0) is 31.1. The highest BCUT2D eigenvalue weighted by Gasteiger charge is 2.56. The fourth-order valence-electron chi connectivity index (χ4n) is 5.92. The topological polar surface area (TPSA) is 91.7 Å². The first-order valence-electron chi connectivity index (χ1n) is 14.4. The molecule has 3 heterocycles. The van der Waals surface area contributed by atoms with Gasteiger partial charge in [-0.15, -0.1) is 0 Å². The quantitative estimate of drug-likeness (QED) is 0.254. The van der Waals surface area contributed by atoms with Gasteiger partial charge in [0.05, 0.1) is 16.6 Å². The Balaban J connectivity index is 1.41. The van der Waals surface area contributed by atoms with Crippen LogP contribution in [0, 0.1) is 18.7 Å². The monoisotopic (exact) mass is 630 g/mol. The van der Waals surface area contributed by atoms with Gasteiger partial charge in [0.1, 0.15) is 17.6 Å². The van der Waals surface area contributed by atoms with Gasteiger partial charge in [0, 0.05) is 35.3 Å². The van der Waals surface area contributed by atoms with E-state index in [1.807, 2.05) is 43.3 Å². The highest BCUT2D eigenvalue weighted by molar-refractivity contribution is 8.00. The number of hydrogen-bond donors (Lipinski definition) is 1. The molecule has 2 aliphatic heterocycles. The van der Waals surface area contributed by atoms with Gasteiger partial charge in [-0.2, -0.15) is 0 Å². The Morgan fingerprint density at radius 1 is 0.909 bits per heavy atom. The van der Waals surface area contributed by atoms with Gasteiger partial charge >= 0.3 is 4.87 Å². The van der Waals surface area contributed by atoms with E-state index in [-0.39, 0.29) is 17.3 Å². The van der Waals surface area contributed by atoms with E-state index < -0.39 is 34.7 Å². The molecule has 2 aliphatic rings. The van der Waals surface area contributed by atoms with Gasteiger partial charge < -0.3 is 10.2 Å². The second kappa shape index (κ2) is 12.0. The van der Waals surface area contributed by atoms with E-state index in [0.717, 1.165) is 57.9 Å². The lowest BCUT2D eigenvalue weighted by atomic mass is 9.83. The summed E-state index contributed by atoms with van der Waals surface area (Å²) in [6.07, 6.45) is 0. The Kier molecular flexibility index (Phi) is 8.17. The van der Waals surface area contributed by atoms with Gasteiger partial charge in [0.25, 0.3) is 0 Å². The number of imide groups is 1. The molecule has 0 unspecified atom stereocenters. The summed E-state index contributed by atoms with van der Waals surface area (Å²) in [5.74, 6) is -3.03. The Morgan fingerprint density at radius 3 is 2.20 bits per heavy atom. The number of anilines is 3. The van der Waals surface area contributed by atoms with Crippen LogP contribution in [0.5, 0.6) is 0 Å². The minimum atomic E-state index is -0.826. The lowest BCUT2D eigenvalue weighted by molar-refractivity contribution is -0.122. The molecule has 8 nitrogen and oxygen atoms in total. The predicted octanol–water partition coefficient (Wildman–Crippen LogP) is 5.64. The number of halogens is 1. The maximum absolute atomic E-state index is 14.0. The van der Waals surface area contributed by atoms with E-state index in [2.05, 4.69) is 24.1 Å². The number of nitrogens with one attached hydrogen (secondary N) is 1. The van der Waals surface area contributed by atoms with Crippen LogP contribution in [0.15, 0.2) is 82.6 Å². The van der Waals surface area contributed by atoms with Crippen LogP contribution < -0.4 is 20.0 Å². The number of aromatic nitrogens is 1. The summed E-state index contributed by atoms with van der Waals surface area (Å²) in [6.45, 7) is 7.54. The minimum absolute atomic E-state index is 0.236. The molecule has 11 heteroatoms. The van der Waals surface area contributed by atoms with Gasteiger partial charge in [-0.05, 0) is 74.9 Å². The number of benzene rings is 3. The maximum atomic E-state index is 14.0. The van der Waals surface area contributed by atoms with Gasteiger partial charge in [-0.3, -0.25) is 23.7 Å². The summed E-state index contributed by atoms with van der Waals surface area (Å²) in [5, 5.41) is 2.53. The van der Waals surface area contributed by atoms with Crippen molar-refractivity contribution in [1.29, 1.82) is 0 Å². The fourth-order valence-corrected chi connectivity index (χ4v) is 8.69. The molecule has 3 aromatic carbocycles. The zero-order valence-electron chi connectivity index (χ0n) is 24.5. The van der Waals surface area contributed by atoms with Crippen molar-refractivity contribution >= 4 is 57.9 Å². The Labute approximate surface area is 262 Å². The molecule has 1 aromatic heterocycles. The van der Waals surface area contributed by atoms with E-state index in [1.54, 1.807) is 12.1 Å². The molecule has 6 rings (SSSR count). The van der Waals surface area contributed by atoms with E-state index in [0.29, 0.717) is 21.3 Å². The van der Waals surface area contributed by atoms with Crippen LogP contribution in [-0.4, -0.2) is 40.6 Å². The zero-order valence-corrected chi connectivity index (χ0v) is 26.1. The van der Waals surface area contributed by atoms with Crippen LogP contribution in [0.3, 0.4) is 0 Å². The van der Waals surface area contributed by atoms with Gasteiger partial charge in [0.2, 0.25) is 17.7 Å². The van der Waals surface area contributed by atoms with Crippen LogP contribution in [0.25, 0.3) is 0 Å². The fraction of sp³-hybridized carbons (Fsp3) is 0.273. The third-order valence-electron chi connectivity index (χ3n) is 8.15. The van der Waals surface area contributed by atoms with E-state index in [9.17, 15) is 23.6 Å². The highest BCUT2D eigenvalue weighted by atomic mass is 32.2. The number of carbonyl (C=O) groups excluding carboxylic acids is 3. The van der Waals surface area contributed by atoms with Crippen LogP contribution in [0.4, 0.5) is 21.5 Å². The molecule has 44 heavy (non-hydrogen) atoms. The third-order valence-corrected chi connectivity index (χ3v) is 10.8. The lowest BCUT2D eigenvalue weighted by Gasteiger charge is -2.31. The highest BCUT2D eigenvalue weighted by Crippen LogP contribution is 2.54. The second-order valence-corrected chi connectivity index (χ2v) is 13.0. The molecule has 3 atom stereocenters. The number of fused-ring (bicyclic) bond motifs is 2. The van der Waals surface area contributed by atoms with Gasteiger partial charge in [-0.25, -0.2) is 9.29 Å². The summed E-state index contributed by atoms with van der Waals surface area (Å²) in [6, 6.07) is 20.5. The lowest BCUT2D eigenvalue weighted by Crippen LogP contribution is -2.33. The van der Waals surface area contributed by atoms with Crippen LogP contribution in [0.2, 0.25) is 0 Å². The molecule has 0 radical (unpaired) electrons. The first-order valence-corrected chi connectivity index (χ1v) is 16.1. The Bertz CT molecular complexity index is 1780. The van der Waals surface area contributed by atoms with Crippen molar-refractivity contribution in [3.63, 3.8) is 0 Å². The standard InChI is InChI=1S/C33H31FN4O4S2/c1-4-36(5-2)23-14-8-20(9-15-23)26-27-28(31(41)38(30(27)40)24-16-10-21(34)11-17-24)43-32-29(26)44-33(42)37(32)18-25(39)35-22-12-6-19(3)7-13-22/h6-17,26-28H,4-5,18H2,1-3H3,(H,35,39)/t26-,27-,28+/m0/s1. The van der Waals surface area contributed by atoms with E-state index >= 15 is 0 Å². The SMILES string of the molecule is CCN(CC)c1ccc([C@@H]2c3sc(=O)n(CC(=O)Nc4ccc(C)cc4)c3S[C@H]3C(=O)N(c4ccc(F)cc4)C(=O)[C@@H]23)cc1. The number of hydrogen-bond acceptors (Lipinski definition) is 7. The number of thiazole rings is 1. The summed E-state index contributed by atoms with van der Waals surface area (Å²) < 4.78 is 15.1. The number of rotatable bonds is 8. The van der Waals surface area contributed by atoms with Crippen molar-refractivity contribution in [2.24, 2.45) is 5.92 Å². The molecule has 1 saturated heterocycles. The second-order valence-electron chi connectivity index (χ2n) is 10.8. The van der Waals surface area contributed by atoms with Crippen LogP contribution in [0.1, 0.15) is 35.8 Å². The molecular weight excluding hydrogens is 600 g/mol. The number of amides is 3. The summed E-state index contributed by atoms with van der Waals surface area (Å²) in [4.78, 5) is 58.1. The van der Waals surface area contributed by atoms with Gasteiger partial charge in [-0.1, -0.05) is 52.9 Å². The molecule has 4 aromatic rings. The van der Waals surface area contributed by atoms with Crippen LogP contribution >= 0.6 is 23.1 Å². The maximum Gasteiger partial charge on any atom is 0.308 e. The summed E-state index contributed by atoms with van der Waals surface area (Å²) in [5.41, 5.74) is 3.80. The average Bonchev–Trinajstić information content (AvgIpc) is 3.46. The van der Waals surface area contributed by atoms with Crippen LogP contribution in [-0.2, 0) is 20.9 Å². The molecule has 1 fully saturated rings. The summed E-state index contributed by atoms with van der Waals surface area (Å²) in [7, 11) is 0. The van der Waals surface area contributed by atoms with Crippen molar-refractivity contribution in [2.75, 3.05) is 28.2 Å². The van der Waals surface area contributed by atoms with Crippen molar-refractivity contribution in [2.45, 2.75) is 43.5 Å². The molecule has 0 aliphatic carbocycles. The first kappa shape index (κ1) is 29.8. The number of carbonyl (C=O) groups is 3. The number of thioether (sulfide) groups is 1. The Hall–Kier alpha value is -4.22. The van der Waals surface area contributed by atoms with Crippen molar-refractivity contribution in [3.8, 4) is 0 Å². The smallest absolute Gasteiger partial charge is 0.308 e. The number of nitrogens with zero attached hydrogens (tertiary/aromatic N) is 3. The molecule has 0 bridgehead atoms. The normalized spacial score (nSPS) is 19.1. The molecule has 226 valence electrons. The van der Waals surface area contributed by atoms with Crippen molar-refractivity contribution < 1.29 is 18.8 Å². The molecule has 0 spiro atoms. The molecule has 1 N–H and O–H groups in total. The number of aryl methyl sites for hydroxylation is 1. The van der Waals surface area contributed by atoms with Crippen molar-refractivity contribution in [3.05, 3.63) is 104 Å². The van der Waals surface area contributed by atoms with Gasteiger partial charge in [0.15, 0.2) is 0 Å².